The van der Waals surface area contributed by atoms with Gasteiger partial charge in [-0.05, 0) is 18.1 Å². The van der Waals surface area contributed by atoms with Crippen LogP contribution in [0.3, 0.4) is 0 Å². The summed E-state index contributed by atoms with van der Waals surface area (Å²) in [6.45, 7) is 1.91. The first-order chi connectivity index (χ1) is 9.23. The molecule has 0 saturated heterocycles. The lowest BCUT2D eigenvalue weighted by molar-refractivity contribution is -0.122. The molecule has 1 aliphatic rings. The van der Waals surface area contributed by atoms with Crippen molar-refractivity contribution in [1.82, 2.24) is 5.43 Å². The molecule has 3 heteroatoms. The molecule has 19 heavy (non-hydrogen) atoms. The zero-order chi connectivity index (χ0) is 13.3. The van der Waals surface area contributed by atoms with E-state index in [2.05, 4.69) is 10.5 Å². The van der Waals surface area contributed by atoms with Gasteiger partial charge < -0.3 is 0 Å². The number of nitrogens with one attached hydrogen (secondary N) is 1. The van der Waals surface area contributed by atoms with Crippen molar-refractivity contribution in [3.63, 3.8) is 0 Å². The van der Waals surface area contributed by atoms with Crippen molar-refractivity contribution in [2.75, 3.05) is 0 Å². The molecule has 94 valence electrons. The number of carbonyl (C=O) groups is 1. The third kappa shape index (κ3) is 1.74. The predicted molar refractivity (Wildman–Crippen MR) is 74.9 cm³/mol. The Balaban J connectivity index is 2.13. The molecule has 0 aliphatic carbocycles. The van der Waals surface area contributed by atoms with Gasteiger partial charge in [-0.3, -0.25) is 4.79 Å². The Morgan fingerprint density at radius 1 is 0.947 bits per heavy atom. The van der Waals surface area contributed by atoms with Crippen molar-refractivity contribution in [3.8, 4) is 0 Å². The number of hydrogen-bond acceptors (Lipinski definition) is 2. The van der Waals surface area contributed by atoms with Gasteiger partial charge in [-0.15, -0.1) is 0 Å². The summed E-state index contributed by atoms with van der Waals surface area (Å²) in [5.41, 5.74) is 4.56. The van der Waals surface area contributed by atoms with Crippen LogP contribution < -0.4 is 5.43 Å². The Morgan fingerprint density at radius 3 is 2.16 bits per heavy atom. The average molecular weight is 250 g/mol. The molecule has 1 aliphatic heterocycles. The van der Waals surface area contributed by atoms with E-state index >= 15 is 0 Å². The van der Waals surface area contributed by atoms with E-state index in [-0.39, 0.29) is 5.91 Å². The third-order valence-electron chi connectivity index (χ3n) is 3.60. The largest absolute Gasteiger partial charge is 0.272 e. The Hall–Kier alpha value is -2.42. The van der Waals surface area contributed by atoms with Gasteiger partial charge in [-0.25, -0.2) is 5.43 Å². The second kappa shape index (κ2) is 4.35. The lowest BCUT2D eigenvalue weighted by atomic mass is 9.76. The van der Waals surface area contributed by atoms with Crippen LogP contribution in [0.4, 0.5) is 0 Å². The van der Waals surface area contributed by atoms with Crippen LogP contribution in [0.2, 0.25) is 0 Å². The number of nitrogens with zero attached hydrogens (tertiary/aromatic N) is 1. The van der Waals surface area contributed by atoms with Gasteiger partial charge >= 0.3 is 0 Å². The highest BCUT2D eigenvalue weighted by atomic mass is 16.2. The van der Waals surface area contributed by atoms with E-state index in [9.17, 15) is 4.79 Å². The van der Waals surface area contributed by atoms with Crippen molar-refractivity contribution in [2.45, 2.75) is 12.3 Å². The standard InChI is InChI=1S/C16H14N2O/c1-16(13-10-6-3-7-11-13)14(17-18-15(16)19)12-8-4-2-5-9-12/h2-11H,1H3,(H,18,19). The highest BCUT2D eigenvalue weighted by Gasteiger charge is 2.45. The van der Waals surface area contributed by atoms with Gasteiger partial charge in [0.25, 0.3) is 5.91 Å². The monoisotopic (exact) mass is 250 g/mol. The van der Waals surface area contributed by atoms with Crippen molar-refractivity contribution in [3.05, 3.63) is 71.8 Å². The molecule has 3 rings (SSSR count). The fourth-order valence-electron chi connectivity index (χ4n) is 2.43. The zero-order valence-corrected chi connectivity index (χ0v) is 10.6. The van der Waals surface area contributed by atoms with Crippen molar-refractivity contribution < 1.29 is 4.79 Å². The van der Waals surface area contributed by atoms with Crippen LogP contribution >= 0.6 is 0 Å². The smallest absolute Gasteiger partial charge is 0.256 e. The van der Waals surface area contributed by atoms with Gasteiger partial charge in [-0.2, -0.15) is 5.10 Å². The number of hydrazone groups is 1. The van der Waals surface area contributed by atoms with Crippen LogP contribution in [0, 0.1) is 0 Å². The quantitative estimate of drug-likeness (QED) is 0.874. The molecule has 2 aromatic carbocycles. The molecular formula is C16H14N2O. The summed E-state index contributed by atoms with van der Waals surface area (Å²) in [5.74, 6) is -0.0856. The zero-order valence-electron chi connectivity index (χ0n) is 10.6. The summed E-state index contributed by atoms with van der Waals surface area (Å²) in [5, 5.41) is 4.23. The Kier molecular flexibility index (Phi) is 2.67. The van der Waals surface area contributed by atoms with Crippen LogP contribution in [-0.4, -0.2) is 11.6 Å². The Morgan fingerprint density at radius 2 is 1.53 bits per heavy atom. The van der Waals surface area contributed by atoms with E-state index in [1.807, 2.05) is 67.6 Å². The molecule has 0 bridgehead atoms. The second-order valence-corrected chi connectivity index (χ2v) is 4.76. The van der Waals surface area contributed by atoms with Gasteiger partial charge in [0.2, 0.25) is 0 Å². The maximum atomic E-state index is 12.3. The Labute approximate surface area is 112 Å². The van der Waals surface area contributed by atoms with E-state index in [0.717, 1.165) is 16.8 Å². The summed E-state index contributed by atoms with van der Waals surface area (Å²) in [6.07, 6.45) is 0. The fourth-order valence-corrected chi connectivity index (χ4v) is 2.43. The normalized spacial score (nSPS) is 21.9. The van der Waals surface area contributed by atoms with E-state index in [4.69, 9.17) is 0 Å². The van der Waals surface area contributed by atoms with Crippen molar-refractivity contribution >= 4 is 11.6 Å². The molecule has 0 spiro atoms. The first kappa shape index (κ1) is 11.7. The number of carbonyl (C=O) groups excluding carboxylic acids is 1. The number of hydrogen-bond donors (Lipinski definition) is 1. The minimum atomic E-state index is -0.734. The van der Waals surface area contributed by atoms with Crippen molar-refractivity contribution in [1.29, 1.82) is 0 Å². The molecule has 0 saturated carbocycles. The molecule has 1 heterocycles. The first-order valence-electron chi connectivity index (χ1n) is 6.22. The lowest BCUT2D eigenvalue weighted by Gasteiger charge is -2.23. The highest BCUT2D eigenvalue weighted by molar-refractivity contribution is 6.23. The molecule has 1 amide bonds. The molecule has 1 atom stereocenters. The van der Waals surface area contributed by atoms with Gasteiger partial charge in [0.15, 0.2) is 0 Å². The predicted octanol–water partition coefficient (Wildman–Crippen LogP) is 2.48. The van der Waals surface area contributed by atoms with Crippen LogP contribution in [0.25, 0.3) is 0 Å². The van der Waals surface area contributed by atoms with Crippen molar-refractivity contribution in [2.24, 2.45) is 5.10 Å². The summed E-state index contributed by atoms with van der Waals surface area (Å²) in [7, 11) is 0. The van der Waals surface area contributed by atoms with Gasteiger partial charge in [0.05, 0.1) is 5.71 Å². The summed E-state index contributed by atoms with van der Waals surface area (Å²) >= 11 is 0. The van der Waals surface area contributed by atoms with E-state index < -0.39 is 5.41 Å². The highest BCUT2D eigenvalue weighted by Crippen LogP contribution is 2.32. The van der Waals surface area contributed by atoms with Gasteiger partial charge in [-0.1, -0.05) is 60.7 Å². The van der Waals surface area contributed by atoms with E-state index in [1.54, 1.807) is 0 Å². The maximum Gasteiger partial charge on any atom is 0.256 e. The molecule has 3 nitrogen and oxygen atoms in total. The van der Waals surface area contributed by atoms with Gasteiger partial charge in [0.1, 0.15) is 5.41 Å². The van der Waals surface area contributed by atoms with Crippen LogP contribution in [0.1, 0.15) is 18.1 Å². The summed E-state index contributed by atoms with van der Waals surface area (Å²) in [4.78, 5) is 12.3. The van der Waals surface area contributed by atoms with Crippen LogP contribution in [0.15, 0.2) is 65.8 Å². The molecule has 0 fully saturated rings. The minimum Gasteiger partial charge on any atom is -0.272 e. The maximum absolute atomic E-state index is 12.3. The molecule has 2 aromatic rings. The van der Waals surface area contributed by atoms with Gasteiger partial charge in [0, 0.05) is 0 Å². The number of benzene rings is 2. The van der Waals surface area contributed by atoms with E-state index in [1.165, 1.54) is 0 Å². The SMILES string of the molecule is CC1(c2ccccc2)C(=O)NN=C1c1ccccc1. The van der Waals surface area contributed by atoms with Crippen LogP contribution in [0.5, 0.6) is 0 Å². The number of rotatable bonds is 2. The molecule has 0 aromatic heterocycles. The number of amides is 1. The lowest BCUT2D eigenvalue weighted by Crippen LogP contribution is -2.40. The topological polar surface area (TPSA) is 41.5 Å². The Bertz CT molecular complexity index is 634. The fraction of sp³-hybridized carbons (Fsp3) is 0.125. The third-order valence-corrected chi connectivity index (χ3v) is 3.60. The molecule has 0 radical (unpaired) electrons. The molecule has 1 N–H and O–H groups in total. The summed E-state index contributed by atoms with van der Waals surface area (Å²) < 4.78 is 0. The van der Waals surface area contributed by atoms with Crippen LogP contribution in [-0.2, 0) is 10.2 Å². The average Bonchev–Trinajstić information content (AvgIpc) is 2.78. The first-order valence-corrected chi connectivity index (χ1v) is 6.22. The second-order valence-electron chi connectivity index (χ2n) is 4.76. The minimum absolute atomic E-state index is 0.0856. The van der Waals surface area contributed by atoms with E-state index in [0.29, 0.717) is 0 Å². The molecular weight excluding hydrogens is 236 g/mol. The molecule has 1 unspecified atom stereocenters. The summed E-state index contributed by atoms with van der Waals surface area (Å²) in [6, 6.07) is 19.5.